The van der Waals surface area contributed by atoms with Crippen LogP contribution >= 0.6 is 0 Å². The molecule has 86 valence electrons. The normalized spacial score (nSPS) is 10.8. The van der Waals surface area contributed by atoms with Crippen molar-refractivity contribution in [2.45, 2.75) is 26.7 Å². The molecule has 0 bridgehead atoms. The maximum Gasteiger partial charge on any atom is 0.416 e. The fraction of sp³-hybridized carbons (Fsp3) is 0.667. The van der Waals surface area contributed by atoms with Gasteiger partial charge in [0.05, 0.1) is 0 Å². The maximum atomic E-state index is 10.5. The monoisotopic (exact) mass is 217 g/mol. The van der Waals surface area contributed by atoms with E-state index in [-0.39, 0.29) is 18.4 Å². The Balaban J connectivity index is 4.27. The Bertz CT molecular complexity index is 247. The Kier molecular flexibility index (Phi) is 4.77. The molecule has 0 aromatic rings. The second kappa shape index (κ2) is 5.33. The van der Waals surface area contributed by atoms with Crippen molar-refractivity contribution in [3.63, 3.8) is 0 Å². The molecule has 0 rings (SSSR count). The van der Waals surface area contributed by atoms with Gasteiger partial charge in [-0.05, 0) is 11.8 Å². The lowest BCUT2D eigenvalue weighted by Crippen LogP contribution is -2.37. The summed E-state index contributed by atoms with van der Waals surface area (Å²) in [5.74, 6) is 0. The largest absolute Gasteiger partial charge is 0.465 e. The number of hydrogen-bond donors (Lipinski definition) is 2. The molecule has 0 aromatic heterocycles. The predicted octanol–water partition coefficient (Wildman–Crippen LogP) is 1.65. The van der Waals surface area contributed by atoms with Crippen molar-refractivity contribution in [2.75, 3.05) is 6.54 Å². The van der Waals surface area contributed by atoms with Crippen LogP contribution in [0, 0.1) is 5.41 Å². The molecule has 0 radical (unpaired) electrons. The van der Waals surface area contributed by atoms with Gasteiger partial charge in [-0.15, -0.1) is 0 Å². The van der Waals surface area contributed by atoms with Crippen molar-refractivity contribution in [1.82, 2.24) is 4.90 Å². The average Bonchev–Trinajstić information content (AvgIpc) is 2.01. The molecule has 0 saturated heterocycles. The first-order chi connectivity index (χ1) is 6.80. The number of carbonyl (C=O) groups is 3. The molecule has 0 saturated carbocycles. The summed E-state index contributed by atoms with van der Waals surface area (Å²) < 4.78 is 0. The number of aldehydes is 1. The van der Waals surface area contributed by atoms with E-state index >= 15 is 0 Å². The van der Waals surface area contributed by atoms with Crippen LogP contribution in [0.15, 0.2) is 0 Å². The van der Waals surface area contributed by atoms with Crippen molar-refractivity contribution in [1.29, 1.82) is 0 Å². The van der Waals surface area contributed by atoms with Crippen molar-refractivity contribution < 1.29 is 24.6 Å². The van der Waals surface area contributed by atoms with E-state index in [9.17, 15) is 14.4 Å². The van der Waals surface area contributed by atoms with Crippen molar-refractivity contribution in [3.8, 4) is 0 Å². The molecule has 6 heteroatoms. The predicted molar refractivity (Wildman–Crippen MR) is 51.8 cm³/mol. The molecule has 0 fully saturated rings. The van der Waals surface area contributed by atoms with Gasteiger partial charge in [-0.25, -0.2) is 14.5 Å². The Hall–Kier alpha value is -1.59. The van der Waals surface area contributed by atoms with Crippen molar-refractivity contribution >= 4 is 18.5 Å². The smallest absolute Gasteiger partial charge is 0.416 e. The number of carbonyl (C=O) groups excluding carboxylic acids is 1. The second-order valence-corrected chi connectivity index (χ2v) is 4.00. The first-order valence-corrected chi connectivity index (χ1v) is 4.47. The number of nitrogens with zero attached hydrogens (tertiary/aromatic N) is 1. The highest BCUT2D eigenvalue weighted by atomic mass is 16.4. The zero-order valence-electron chi connectivity index (χ0n) is 8.77. The Labute approximate surface area is 87.5 Å². The summed E-state index contributed by atoms with van der Waals surface area (Å²) in [6.07, 6.45) is -1.65. The van der Waals surface area contributed by atoms with E-state index in [2.05, 4.69) is 0 Å². The molecule has 0 unspecified atom stereocenters. The second-order valence-electron chi connectivity index (χ2n) is 4.00. The molecule has 15 heavy (non-hydrogen) atoms. The highest BCUT2D eigenvalue weighted by Crippen LogP contribution is 2.23. The maximum absolute atomic E-state index is 10.5. The van der Waals surface area contributed by atoms with Gasteiger partial charge in [-0.1, -0.05) is 13.8 Å². The van der Waals surface area contributed by atoms with Crippen LogP contribution in [0.25, 0.3) is 0 Å². The highest BCUT2D eigenvalue weighted by molar-refractivity contribution is 5.85. The number of rotatable bonds is 5. The van der Waals surface area contributed by atoms with Gasteiger partial charge in [0.1, 0.15) is 6.29 Å². The van der Waals surface area contributed by atoms with Gasteiger partial charge in [0.2, 0.25) is 0 Å². The molecule has 0 aliphatic rings. The third-order valence-electron chi connectivity index (χ3n) is 2.11. The third-order valence-corrected chi connectivity index (χ3v) is 2.11. The lowest BCUT2D eigenvalue weighted by atomic mass is 9.86. The van der Waals surface area contributed by atoms with Crippen LogP contribution in [0.3, 0.4) is 0 Å². The third kappa shape index (κ3) is 4.99. The molecular weight excluding hydrogens is 202 g/mol. The van der Waals surface area contributed by atoms with Crippen LogP contribution in [0.2, 0.25) is 0 Å². The number of amides is 2. The molecule has 2 N–H and O–H groups in total. The summed E-state index contributed by atoms with van der Waals surface area (Å²) in [5, 5.41) is 17.1. The van der Waals surface area contributed by atoms with E-state index in [1.165, 1.54) is 0 Å². The molecular formula is C9H15NO5. The van der Waals surface area contributed by atoms with Gasteiger partial charge in [-0.2, -0.15) is 0 Å². The van der Waals surface area contributed by atoms with E-state index in [1.807, 2.05) is 0 Å². The number of imide groups is 1. The van der Waals surface area contributed by atoms with Crippen LogP contribution in [-0.4, -0.2) is 40.1 Å². The molecule has 6 nitrogen and oxygen atoms in total. The number of carboxylic acid groups (broad SMARTS) is 2. The fourth-order valence-electron chi connectivity index (χ4n) is 1.02. The van der Waals surface area contributed by atoms with Crippen molar-refractivity contribution in [2.24, 2.45) is 5.41 Å². The van der Waals surface area contributed by atoms with Gasteiger partial charge in [0.25, 0.3) is 0 Å². The topological polar surface area (TPSA) is 94.9 Å². The SMILES string of the molecule is CC(C)(CC=O)CCN(C(=O)O)C(=O)O. The van der Waals surface area contributed by atoms with E-state index in [0.29, 0.717) is 11.3 Å². The zero-order valence-corrected chi connectivity index (χ0v) is 8.77. The van der Waals surface area contributed by atoms with Gasteiger partial charge >= 0.3 is 12.2 Å². The van der Waals surface area contributed by atoms with Gasteiger partial charge in [0.15, 0.2) is 0 Å². The minimum atomic E-state index is -1.50. The van der Waals surface area contributed by atoms with E-state index in [4.69, 9.17) is 10.2 Å². The van der Waals surface area contributed by atoms with Gasteiger partial charge in [-0.3, -0.25) is 0 Å². The molecule has 0 aliphatic carbocycles. The first kappa shape index (κ1) is 13.4. The summed E-state index contributed by atoms with van der Waals surface area (Å²) in [7, 11) is 0. The molecule has 0 atom stereocenters. The van der Waals surface area contributed by atoms with Crippen molar-refractivity contribution in [3.05, 3.63) is 0 Å². The minimum absolute atomic E-state index is 0.120. The van der Waals surface area contributed by atoms with Crippen LogP contribution in [0.5, 0.6) is 0 Å². The van der Waals surface area contributed by atoms with Crippen LogP contribution in [0.4, 0.5) is 9.59 Å². The highest BCUT2D eigenvalue weighted by Gasteiger charge is 2.24. The lowest BCUT2D eigenvalue weighted by Gasteiger charge is -2.24. The summed E-state index contributed by atoms with van der Waals surface area (Å²) in [6.45, 7) is 3.44. The standard InChI is InChI=1S/C9H15NO5/c1-9(2,4-6-11)3-5-10(7(12)13)8(14)15/h6H,3-5H2,1-2H3,(H,12,13)(H,14,15). The fourth-order valence-corrected chi connectivity index (χ4v) is 1.02. The average molecular weight is 217 g/mol. The zero-order chi connectivity index (χ0) is 12.1. The molecule has 0 aliphatic heterocycles. The minimum Gasteiger partial charge on any atom is -0.465 e. The molecule has 2 amide bonds. The Morgan fingerprint density at radius 3 is 2.07 bits per heavy atom. The molecule has 0 aromatic carbocycles. The van der Waals surface area contributed by atoms with Crippen LogP contribution in [-0.2, 0) is 4.79 Å². The molecule has 0 spiro atoms. The van der Waals surface area contributed by atoms with E-state index < -0.39 is 12.2 Å². The quantitative estimate of drug-likeness (QED) is 0.682. The summed E-state index contributed by atoms with van der Waals surface area (Å²) in [4.78, 5) is 31.6. The molecule has 0 heterocycles. The summed E-state index contributed by atoms with van der Waals surface area (Å²) in [5.41, 5.74) is -0.384. The number of hydrogen-bond acceptors (Lipinski definition) is 3. The van der Waals surface area contributed by atoms with E-state index in [1.54, 1.807) is 13.8 Å². The van der Waals surface area contributed by atoms with Crippen LogP contribution in [0.1, 0.15) is 26.7 Å². The van der Waals surface area contributed by atoms with Gasteiger partial charge < -0.3 is 15.0 Å². The van der Waals surface area contributed by atoms with Gasteiger partial charge in [0, 0.05) is 13.0 Å². The summed E-state index contributed by atoms with van der Waals surface area (Å²) >= 11 is 0. The Morgan fingerprint density at radius 2 is 1.73 bits per heavy atom. The lowest BCUT2D eigenvalue weighted by molar-refractivity contribution is -0.109. The first-order valence-electron chi connectivity index (χ1n) is 4.47. The van der Waals surface area contributed by atoms with E-state index in [0.717, 1.165) is 6.29 Å². The van der Waals surface area contributed by atoms with Crippen LogP contribution < -0.4 is 0 Å². The Morgan fingerprint density at radius 1 is 1.27 bits per heavy atom. The summed E-state index contributed by atoms with van der Waals surface area (Å²) in [6, 6.07) is 0.